The van der Waals surface area contributed by atoms with Crippen molar-refractivity contribution >= 4 is 28.9 Å². The van der Waals surface area contributed by atoms with E-state index in [0.717, 1.165) is 23.7 Å². The van der Waals surface area contributed by atoms with Crippen LogP contribution in [0.2, 0.25) is 0 Å². The van der Waals surface area contributed by atoms with Crippen LogP contribution in [0.15, 0.2) is 47.2 Å². The standard InChI is InChI=1S/C18H19N3O2S2/c1-13-5-6-17(23-2)15(10-13)16(22)11-25-18-20-19-12-21(18)8-7-14-4-3-9-24-14/h3-6,9-10,12H,7-8,11H2,1-2H3. The van der Waals surface area contributed by atoms with E-state index in [1.807, 2.05) is 29.7 Å². The lowest BCUT2D eigenvalue weighted by molar-refractivity contribution is 0.101. The zero-order valence-corrected chi connectivity index (χ0v) is 15.8. The van der Waals surface area contributed by atoms with E-state index in [-0.39, 0.29) is 5.78 Å². The number of benzene rings is 1. The lowest BCUT2D eigenvalue weighted by Gasteiger charge is -2.09. The van der Waals surface area contributed by atoms with Gasteiger partial charge in [0, 0.05) is 11.4 Å². The average Bonchev–Trinajstić information content (AvgIpc) is 3.29. The SMILES string of the molecule is COc1ccc(C)cc1C(=O)CSc1nncn1CCc1cccs1. The molecule has 0 amide bonds. The van der Waals surface area contributed by atoms with Crippen molar-refractivity contribution in [3.05, 3.63) is 58.0 Å². The van der Waals surface area contributed by atoms with Crippen LogP contribution in [0.5, 0.6) is 5.75 Å². The van der Waals surface area contributed by atoms with Crippen LogP contribution in [0.4, 0.5) is 0 Å². The number of hydrogen-bond acceptors (Lipinski definition) is 6. The molecule has 7 heteroatoms. The second kappa shape index (κ2) is 8.31. The monoisotopic (exact) mass is 373 g/mol. The highest BCUT2D eigenvalue weighted by molar-refractivity contribution is 7.99. The molecule has 0 aliphatic carbocycles. The molecule has 0 atom stereocenters. The third kappa shape index (κ3) is 4.49. The number of hydrogen-bond donors (Lipinski definition) is 0. The molecule has 0 fully saturated rings. The van der Waals surface area contributed by atoms with Gasteiger partial charge in [-0.25, -0.2) is 0 Å². The van der Waals surface area contributed by atoms with Crippen LogP contribution < -0.4 is 4.74 Å². The molecule has 0 saturated heterocycles. The minimum atomic E-state index is 0.0263. The molecule has 0 radical (unpaired) electrons. The van der Waals surface area contributed by atoms with Crippen LogP contribution in [0, 0.1) is 6.92 Å². The fourth-order valence-corrected chi connectivity index (χ4v) is 3.97. The molecular formula is C18H19N3O2S2. The van der Waals surface area contributed by atoms with Gasteiger partial charge in [-0.05, 0) is 36.9 Å². The molecule has 25 heavy (non-hydrogen) atoms. The molecule has 130 valence electrons. The number of thioether (sulfide) groups is 1. The number of nitrogens with zero attached hydrogens (tertiary/aromatic N) is 3. The predicted molar refractivity (Wildman–Crippen MR) is 101 cm³/mol. The smallest absolute Gasteiger partial charge is 0.191 e. The number of thiophene rings is 1. The number of methoxy groups -OCH3 is 1. The first-order chi connectivity index (χ1) is 12.2. The van der Waals surface area contributed by atoms with Crippen LogP contribution in [0.25, 0.3) is 0 Å². The van der Waals surface area contributed by atoms with E-state index in [1.54, 1.807) is 24.8 Å². The number of ketones is 1. The van der Waals surface area contributed by atoms with Crippen molar-refractivity contribution in [2.24, 2.45) is 0 Å². The average molecular weight is 374 g/mol. The third-order valence-corrected chi connectivity index (χ3v) is 5.66. The Hall–Kier alpha value is -2.12. The summed E-state index contributed by atoms with van der Waals surface area (Å²) in [5, 5.41) is 11.0. The molecule has 0 unspecified atom stereocenters. The van der Waals surface area contributed by atoms with Crippen LogP contribution in [-0.4, -0.2) is 33.4 Å². The van der Waals surface area contributed by atoms with Gasteiger partial charge < -0.3 is 9.30 Å². The number of rotatable bonds is 8. The molecule has 0 saturated carbocycles. The third-order valence-electron chi connectivity index (χ3n) is 3.75. The van der Waals surface area contributed by atoms with E-state index in [4.69, 9.17) is 4.74 Å². The van der Waals surface area contributed by atoms with Crippen molar-refractivity contribution in [2.75, 3.05) is 12.9 Å². The van der Waals surface area contributed by atoms with Gasteiger partial charge in [-0.2, -0.15) is 0 Å². The van der Waals surface area contributed by atoms with Gasteiger partial charge in [0.1, 0.15) is 12.1 Å². The van der Waals surface area contributed by atoms with Gasteiger partial charge in [0.25, 0.3) is 0 Å². The van der Waals surface area contributed by atoms with Crippen molar-refractivity contribution in [3.63, 3.8) is 0 Å². The Balaban J connectivity index is 1.63. The maximum absolute atomic E-state index is 12.6. The first-order valence-electron chi connectivity index (χ1n) is 7.88. The fourth-order valence-electron chi connectivity index (χ4n) is 2.44. The van der Waals surface area contributed by atoms with Gasteiger partial charge in [-0.1, -0.05) is 29.5 Å². The van der Waals surface area contributed by atoms with Crippen LogP contribution >= 0.6 is 23.1 Å². The van der Waals surface area contributed by atoms with Crippen molar-refractivity contribution in [3.8, 4) is 5.75 Å². The molecule has 1 aromatic carbocycles. The van der Waals surface area contributed by atoms with Crippen molar-refractivity contribution < 1.29 is 9.53 Å². The molecule has 0 spiro atoms. The van der Waals surface area contributed by atoms with E-state index in [2.05, 4.69) is 27.7 Å². The zero-order valence-electron chi connectivity index (χ0n) is 14.1. The Morgan fingerprint density at radius 3 is 3.00 bits per heavy atom. The molecule has 0 aliphatic heterocycles. The number of ether oxygens (including phenoxy) is 1. The molecule has 2 aromatic heterocycles. The number of aryl methyl sites for hydroxylation is 3. The molecule has 0 N–H and O–H groups in total. The summed E-state index contributed by atoms with van der Waals surface area (Å²) in [4.78, 5) is 13.9. The van der Waals surface area contributed by atoms with Crippen molar-refractivity contribution in [1.82, 2.24) is 14.8 Å². The molecule has 5 nitrogen and oxygen atoms in total. The van der Waals surface area contributed by atoms with E-state index in [9.17, 15) is 4.79 Å². The summed E-state index contributed by atoms with van der Waals surface area (Å²) in [6, 6.07) is 9.80. The van der Waals surface area contributed by atoms with Crippen molar-refractivity contribution in [1.29, 1.82) is 0 Å². The first-order valence-corrected chi connectivity index (χ1v) is 9.74. The Labute approximate surface area is 155 Å². The van der Waals surface area contributed by atoms with E-state index in [0.29, 0.717) is 17.1 Å². The normalized spacial score (nSPS) is 10.8. The Bertz CT molecular complexity index is 844. The Morgan fingerprint density at radius 2 is 2.24 bits per heavy atom. The topological polar surface area (TPSA) is 57.0 Å². The summed E-state index contributed by atoms with van der Waals surface area (Å²) in [6.45, 7) is 2.77. The highest BCUT2D eigenvalue weighted by Gasteiger charge is 2.15. The van der Waals surface area contributed by atoms with Gasteiger partial charge in [0.05, 0.1) is 18.4 Å². The predicted octanol–water partition coefficient (Wildman–Crippen LogP) is 3.87. The van der Waals surface area contributed by atoms with Gasteiger partial charge in [-0.15, -0.1) is 21.5 Å². The summed E-state index contributed by atoms with van der Waals surface area (Å²) >= 11 is 3.15. The molecular weight excluding hydrogens is 354 g/mol. The van der Waals surface area contributed by atoms with Crippen LogP contribution in [0.3, 0.4) is 0 Å². The van der Waals surface area contributed by atoms with E-state index in [1.165, 1.54) is 16.6 Å². The van der Waals surface area contributed by atoms with E-state index >= 15 is 0 Å². The maximum Gasteiger partial charge on any atom is 0.191 e. The number of aromatic nitrogens is 3. The lowest BCUT2D eigenvalue weighted by Crippen LogP contribution is -2.07. The van der Waals surface area contributed by atoms with Crippen LogP contribution in [-0.2, 0) is 13.0 Å². The minimum absolute atomic E-state index is 0.0263. The molecule has 3 aromatic rings. The molecule has 3 rings (SSSR count). The number of carbonyl (C=O) groups is 1. The second-order valence-electron chi connectivity index (χ2n) is 5.55. The minimum Gasteiger partial charge on any atom is -0.496 e. The quantitative estimate of drug-likeness (QED) is 0.443. The Morgan fingerprint density at radius 1 is 1.36 bits per heavy atom. The first kappa shape index (κ1) is 17.7. The fraction of sp³-hybridized carbons (Fsp3) is 0.278. The van der Waals surface area contributed by atoms with Gasteiger partial charge >= 0.3 is 0 Å². The highest BCUT2D eigenvalue weighted by Crippen LogP contribution is 2.24. The molecule has 2 heterocycles. The molecule has 0 aliphatic rings. The van der Waals surface area contributed by atoms with Crippen molar-refractivity contribution in [2.45, 2.75) is 25.0 Å². The Kier molecular flexibility index (Phi) is 5.88. The summed E-state index contributed by atoms with van der Waals surface area (Å²) in [6.07, 6.45) is 2.65. The maximum atomic E-state index is 12.6. The number of Topliss-reactive ketones (excluding diaryl/α,β-unsaturated/α-hetero) is 1. The van der Waals surface area contributed by atoms with Crippen LogP contribution in [0.1, 0.15) is 20.8 Å². The lowest BCUT2D eigenvalue weighted by atomic mass is 10.1. The summed E-state index contributed by atoms with van der Waals surface area (Å²) in [5.74, 6) is 0.936. The summed E-state index contributed by atoms with van der Waals surface area (Å²) in [5.41, 5.74) is 1.65. The van der Waals surface area contributed by atoms with Gasteiger partial charge in [0.2, 0.25) is 0 Å². The van der Waals surface area contributed by atoms with Gasteiger partial charge in [0.15, 0.2) is 10.9 Å². The highest BCUT2D eigenvalue weighted by atomic mass is 32.2. The van der Waals surface area contributed by atoms with E-state index < -0.39 is 0 Å². The molecule has 0 bridgehead atoms. The number of carbonyl (C=O) groups excluding carboxylic acids is 1. The second-order valence-corrected chi connectivity index (χ2v) is 7.53. The zero-order chi connectivity index (χ0) is 17.6. The summed E-state index contributed by atoms with van der Waals surface area (Å²) < 4.78 is 7.29. The summed E-state index contributed by atoms with van der Waals surface area (Å²) in [7, 11) is 1.58. The van der Waals surface area contributed by atoms with Gasteiger partial charge in [-0.3, -0.25) is 4.79 Å². The largest absolute Gasteiger partial charge is 0.496 e.